The van der Waals surface area contributed by atoms with Gasteiger partial charge in [0.1, 0.15) is 0 Å². The summed E-state index contributed by atoms with van der Waals surface area (Å²) in [6, 6.07) is 5.62. The number of carbonyl (C=O) groups is 1. The Labute approximate surface area is 113 Å². The molecule has 98 valence electrons. The van der Waals surface area contributed by atoms with Gasteiger partial charge < -0.3 is 10.6 Å². The van der Waals surface area contributed by atoms with Crippen LogP contribution in [0, 0.1) is 6.92 Å². The number of nitrogen functional groups attached to an aromatic ring is 1. The van der Waals surface area contributed by atoms with Gasteiger partial charge in [-0.15, -0.1) is 0 Å². The number of hydrogen-bond donors (Lipinski definition) is 1. The molecule has 3 nitrogen and oxygen atoms in total. The Morgan fingerprint density at radius 1 is 1.33 bits per heavy atom. The quantitative estimate of drug-likeness (QED) is 0.793. The van der Waals surface area contributed by atoms with E-state index in [1.807, 2.05) is 35.7 Å². The molecule has 0 bridgehead atoms. The number of benzene rings is 1. The van der Waals surface area contributed by atoms with Gasteiger partial charge in [-0.05, 0) is 18.6 Å². The van der Waals surface area contributed by atoms with Crippen molar-refractivity contribution < 1.29 is 4.79 Å². The Morgan fingerprint density at radius 2 is 1.94 bits per heavy atom. The molecule has 0 spiro atoms. The Kier molecular flexibility index (Phi) is 3.85. The minimum Gasteiger partial charge on any atom is -0.398 e. The van der Waals surface area contributed by atoms with Gasteiger partial charge in [-0.2, -0.15) is 11.8 Å². The largest absolute Gasteiger partial charge is 0.398 e. The third-order valence-corrected chi connectivity index (χ3v) is 4.45. The average Bonchev–Trinajstić information content (AvgIpc) is 2.27. The first kappa shape index (κ1) is 13.3. The van der Waals surface area contributed by atoms with Gasteiger partial charge >= 0.3 is 0 Å². The Bertz CT molecular complexity index is 431. The lowest BCUT2D eigenvalue weighted by Crippen LogP contribution is -2.44. The number of hydrogen-bond acceptors (Lipinski definition) is 3. The maximum Gasteiger partial charge on any atom is 0.256 e. The summed E-state index contributed by atoms with van der Waals surface area (Å²) < 4.78 is 0. The van der Waals surface area contributed by atoms with Crippen LogP contribution in [0.3, 0.4) is 0 Å². The van der Waals surface area contributed by atoms with Crippen LogP contribution in [-0.2, 0) is 0 Å². The number of nitrogens with zero attached hydrogens (tertiary/aromatic N) is 1. The van der Waals surface area contributed by atoms with Crippen LogP contribution < -0.4 is 5.73 Å². The summed E-state index contributed by atoms with van der Waals surface area (Å²) in [4.78, 5) is 14.5. The monoisotopic (exact) mass is 264 g/mol. The van der Waals surface area contributed by atoms with Gasteiger partial charge in [0.05, 0.1) is 5.56 Å². The molecule has 2 atom stereocenters. The number of aryl methyl sites for hydroxylation is 1. The van der Waals surface area contributed by atoms with Crippen molar-refractivity contribution in [1.82, 2.24) is 4.90 Å². The summed E-state index contributed by atoms with van der Waals surface area (Å²) >= 11 is 1.94. The number of rotatable bonds is 1. The van der Waals surface area contributed by atoms with Gasteiger partial charge in [0.2, 0.25) is 0 Å². The molecule has 1 aliphatic heterocycles. The average molecular weight is 264 g/mol. The first-order valence-electron chi connectivity index (χ1n) is 6.29. The number of nitrogens with two attached hydrogens (primary N) is 1. The van der Waals surface area contributed by atoms with Crippen LogP contribution in [0.2, 0.25) is 0 Å². The fraction of sp³-hybridized carbons (Fsp3) is 0.500. The molecule has 1 aliphatic rings. The predicted molar refractivity (Wildman–Crippen MR) is 78.0 cm³/mol. The van der Waals surface area contributed by atoms with E-state index in [9.17, 15) is 4.79 Å². The van der Waals surface area contributed by atoms with E-state index in [4.69, 9.17) is 5.73 Å². The van der Waals surface area contributed by atoms with Gasteiger partial charge in [0, 0.05) is 29.3 Å². The third-order valence-electron chi connectivity index (χ3n) is 3.23. The van der Waals surface area contributed by atoms with Crippen LogP contribution in [0.5, 0.6) is 0 Å². The maximum atomic E-state index is 12.6. The normalized spacial score (nSPS) is 24.1. The van der Waals surface area contributed by atoms with E-state index in [2.05, 4.69) is 13.8 Å². The van der Waals surface area contributed by atoms with Crippen LogP contribution in [0.25, 0.3) is 0 Å². The molecule has 4 heteroatoms. The summed E-state index contributed by atoms with van der Waals surface area (Å²) in [5, 5.41) is 0.978. The molecular weight excluding hydrogens is 244 g/mol. The summed E-state index contributed by atoms with van der Waals surface area (Å²) in [7, 11) is 0. The van der Waals surface area contributed by atoms with Crippen molar-refractivity contribution in [2.75, 3.05) is 18.8 Å². The lowest BCUT2D eigenvalue weighted by Gasteiger charge is -2.35. The van der Waals surface area contributed by atoms with E-state index in [-0.39, 0.29) is 5.91 Å². The van der Waals surface area contributed by atoms with E-state index >= 15 is 0 Å². The van der Waals surface area contributed by atoms with Crippen LogP contribution >= 0.6 is 11.8 Å². The molecule has 2 rings (SSSR count). The molecule has 1 saturated heterocycles. The third kappa shape index (κ3) is 2.64. The van der Waals surface area contributed by atoms with E-state index in [1.165, 1.54) is 0 Å². The minimum atomic E-state index is 0.0737. The molecule has 2 unspecified atom stereocenters. The smallest absolute Gasteiger partial charge is 0.256 e. The van der Waals surface area contributed by atoms with Crippen molar-refractivity contribution in [1.29, 1.82) is 0 Å². The summed E-state index contributed by atoms with van der Waals surface area (Å²) in [6.07, 6.45) is 0. The van der Waals surface area contributed by atoms with Gasteiger partial charge in [0.15, 0.2) is 0 Å². The highest BCUT2D eigenvalue weighted by molar-refractivity contribution is 8.00. The van der Waals surface area contributed by atoms with Crippen molar-refractivity contribution >= 4 is 23.4 Å². The second-order valence-corrected chi connectivity index (χ2v) is 6.89. The molecule has 1 aromatic carbocycles. The number of anilines is 1. The van der Waals surface area contributed by atoms with Crippen LogP contribution in [0.1, 0.15) is 29.8 Å². The zero-order valence-corrected chi connectivity index (χ0v) is 12.0. The Morgan fingerprint density at radius 3 is 2.50 bits per heavy atom. The molecule has 0 radical (unpaired) electrons. The van der Waals surface area contributed by atoms with E-state index in [0.29, 0.717) is 21.8 Å². The molecular formula is C14H20N2OS. The second kappa shape index (κ2) is 5.22. The van der Waals surface area contributed by atoms with Gasteiger partial charge in [0.25, 0.3) is 5.91 Å². The zero-order valence-electron chi connectivity index (χ0n) is 11.1. The van der Waals surface area contributed by atoms with Crippen molar-refractivity contribution in [2.45, 2.75) is 31.3 Å². The van der Waals surface area contributed by atoms with Gasteiger partial charge in [-0.3, -0.25) is 4.79 Å². The highest BCUT2D eigenvalue weighted by Crippen LogP contribution is 2.27. The topological polar surface area (TPSA) is 46.3 Å². The van der Waals surface area contributed by atoms with Crippen molar-refractivity contribution in [2.24, 2.45) is 0 Å². The Balaban J connectivity index is 2.26. The van der Waals surface area contributed by atoms with E-state index in [0.717, 1.165) is 18.7 Å². The number of amides is 1. The molecule has 1 fully saturated rings. The molecule has 0 aromatic heterocycles. The van der Waals surface area contributed by atoms with E-state index < -0.39 is 0 Å². The Hall–Kier alpha value is -1.16. The first-order chi connectivity index (χ1) is 8.49. The van der Waals surface area contributed by atoms with Crippen molar-refractivity contribution in [3.8, 4) is 0 Å². The maximum absolute atomic E-state index is 12.6. The predicted octanol–water partition coefficient (Wildman–Crippen LogP) is 2.54. The highest BCUT2D eigenvalue weighted by atomic mass is 32.2. The number of thioether (sulfide) groups is 1. The van der Waals surface area contributed by atoms with Crippen molar-refractivity contribution in [3.63, 3.8) is 0 Å². The number of carbonyl (C=O) groups excluding carboxylic acids is 1. The second-order valence-electron chi connectivity index (χ2n) is 5.01. The molecule has 2 N–H and O–H groups in total. The van der Waals surface area contributed by atoms with Crippen molar-refractivity contribution in [3.05, 3.63) is 29.3 Å². The molecule has 1 aromatic rings. The van der Waals surface area contributed by atoms with E-state index in [1.54, 1.807) is 6.07 Å². The zero-order chi connectivity index (χ0) is 13.3. The summed E-state index contributed by atoms with van der Waals surface area (Å²) in [5.41, 5.74) is 8.15. The molecule has 18 heavy (non-hydrogen) atoms. The lowest BCUT2D eigenvalue weighted by molar-refractivity contribution is 0.0753. The first-order valence-corrected chi connectivity index (χ1v) is 7.23. The summed E-state index contributed by atoms with van der Waals surface area (Å²) in [5.74, 6) is 0.0737. The molecule has 0 saturated carbocycles. The molecule has 0 aliphatic carbocycles. The fourth-order valence-corrected chi connectivity index (χ4v) is 3.81. The van der Waals surface area contributed by atoms with Crippen LogP contribution in [0.15, 0.2) is 18.2 Å². The standard InChI is InChI=1S/C14H20N2OS/c1-9-5-4-6-12(15)13(9)14(17)16-7-10(2)18-11(3)8-16/h4-6,10-11H,7-8,15H2,1-3H3. The van der Waals surface area contributed by atoms with Crippen LogP contribution in [0.4, 0.5) is 5.69 Å². The van der Waals surface area contributed by atoms with Gasteiger partial charge in [-0.25, -0.2) is 0 Å². The highest BCUT2D eigenvalue weighted by Gasteiger charge is 2.28. The van der Waals surface area contributed by atoms with Gasteiger partial charge in [-0.1, -0.05) is 26.0 Å². The SMILES string of the molecule is Cc1cccc(N)c1C(=O)N1CC(C)SC(C)C1. The minimum absolute atomic E-state index is 0.0737. The molecule has 1 heterocycles. The summed E-state index contributed by atoms with van der Waals surface area (Å²) in [6.45, 7) is 7.89. The molecule has 1 amide bonds. The van der Waals surface area contributed by atoms with Crippen LogP contribution in [-0.4, -0.2) is 34.4 Å². The lowest BCUT2D eigenvalue weighted by atomic mass is 10.1. The fourth-order valence-electron chi connectivity index (χ4n) is 2.48.